The number of hydrogen-bond acceptors (Lipinski definition) is 2. The quantitative estimate of drug-likeness (QED) is 0.831. The Morgan fingerprint density at radius 2 is 2.06 bits per heavy atom. The second-order valence-electron chi connectivity index (χ2n) is 4.42. The summed E-state index contributed by atoms with van der Waals surface area (Å²) in [5.41, 5.74) is 5.41. The first kappa shape index (κ1) is 14.6. The Labute approximate surface area is 117 Å². The summed E-state index contributed by atoms with van der Waals surface area (Å²) in [6.45, 7) is 4.46. The third kappa shape index (κ3) is 4.34. The van der Waals surface area contributed by atoms with Crippen molar-refractivity contribution in [2.45, 2.75) is 20.3 Å². The van der Waals surface area contributed by atoms with Gasteiger partial charge in [-0.05, 0) is 18.6 Å². The van der Waals surface area contributed by atoms with Crippen LogP contribution in [0.2, 0.25) is 10.0 Å². The molecule has 0 aliphatic rings. The molecular formula is C12H15Cl2NOS. The summed E-state index contributed by atoms with van der Waals surface area (Å²) in [7, 11) is 0. The lowest BCUT2D eigenvalue weighted by Gasteiger charge is -2.23. The molecule has 94 valence electrons. The number of nitrogens with two attached hydrogens (primary N) is 1. The first-order valence-corrected chi connectivity index (χ1v) is 6.37. The highest BCUT2D eigenvalue weighted by Gasteiger charge is 2.21. The highest BCUT2D eigenvalue weighted by Crippen LogP contribution is 2.29. The average Bonchev–Trinajstić information content (AvgIpc) is 2.22. The predicted octanol–water partition coefficient (Wildman–Crippen LogP) is 4.07. The van der Waals surface area contributed by atoms with E-state index in [9.17, 15) is 0 Å². The van der Waals surface area contributed by atoms with Gasteiger partial charge in [0.15, 0.2) is 0 Å². The van der Waals surface area contributed by atoms with Crippen LogP contribution in [0.25, 0.3) is 0 Å². The molecule has 2 nitrogen and oxygen atoms in total. The number of hydrogen-bond donors (Lipinski definition) is 1. The molecular weight excluding hydrogens is 277 g/mol. The molecule has 0 spiro atoms. The zero-order valence-electron chi connectivity index (χ0n) is 9.80. The van der Waals surface area contributed by atoms with Crippen molar-refractivity contribution in [3.8, 4) is 5.75 Å². The van der Waals surface area contributed by atoms with Crippen molar-refractivity contribution in [2.75, 3.05) is 6.61 Å². The highest BCUT2D eigenvalue weighted by atomic mass is 35.5. The number of rotatable bonds is 5. The maximum atomic E-state index is 5.97. The van der Waals surface area contributed by atoms with Crippen molar-refractivity contribution in [1.82, 2.24) is 0 Å². The van der Waals surface area contributed by atoms with E-state index in [2.05, 4.69) is 0 Å². The lowest BCUT2D eigenvalue weighted by atomic mass is 9.90. The number of benzene rings is 1. The summed E-state index contributed by atoms with van der Waals surface area (Å²) in [5, 5.41) is 1.14. The summed E-state index contributed by atoms with van der Waals surface area (Å²) >= 11 is 16.8. The van der Waals surface area contributed by atoms with E-state index < -0.39 is 0 Å². The van der Waals surface area contributed by atoms with E-state index >= 15 is 0 Å². The van der Waals surface area contributed by atoms with E-state index in [4.69, 9.17) is 45.9 Å². The van der Waals surface area contributed by atoms with Gasteiger partial charge in [0, 0.05) is 16.5 Å². The topological polar surface area (TPSA) is 35.2 Å². The molecule has 5 heteroatoms. The zero-order chi connectivity index (χ0) is 13.1. The lowest BCUT2D eigenvalue weighted by molar-refractivity contribution is 0.270. The molecule has 17 heavy (non-hydrogen) atoms. The Morgan fingerprint density at radius 3 is 2.65 bits per heavy atom. The highest BCUT2D eigenvalue weighted by molar-refractivity contribution is 7.80. The van der Waals surface area contributed by atoms with Crippen molar-refractivity contribution in [3.05, 3.63) is 28.2 Å². The molecule has 0 heterocycles. The molecule has 0 atom stereocenters. The van der Waals surface area contributed by atoms with Gasteiger partial charge in [0.25, 0.3) is 0 Å². The van der Waals surface area contributed by atoms with Crippen LogP contribution in [-0.4, -0.2) is 11.6 Å². The normalized spacial score (nSPS) is 11.3. The van der Waals surface area contributed by atoms with Crippen LogP contribution in [0.15, 0.2) is 18.2 Å². The fourth-order valence-electron chi connectivity index (χ4n) is 1.13. The third-order valence-corrected chi connectivity index (χ3v) is 3.64. The summed E-state index contributed by atoms with van der Waals surface area (Å²) in [6.07, 6.45) is 0.727. The first-order chi connectivity index (χ1) is 7.83. The Bertz CT molecular complexity index is 421. The maximum Gasteiger partial charge on any atom is 0.139 e. The van der Waals surface area contributed by atoms with Gasteiger partial charge in [-0.2, -0.15) is 0 Å². The molecule has 1 rings (SSSR count). The third-order valence-electron chi connectivity index (χ3n) is 2.54. The van der Waals surface area contributed by atoms with Gasteiger partial charge in [0.05, 0.1) is 16.6 Å². The van der Waals surface area contributed by atoms with E-state index in [1.165, 1.54) is 0 Å². The molecule has 0 aliphatic heterocycles. The predicted molar refractivity (Wildman–Crippen MR) is 77.1 cm³/mol. The maximum absolute atomic E-state index is 5.97. The van der Waals surface area contributed by atoms with Crippen LogP contribution < -0.4 is 10.5 Å². The van der Waals surface area contributed by atoms with E-state index in [0.29, 0.717) is 27.4 Å². The van der Waals surface area contributed by atoms with E-state index in [0.717, 1.165) is 6.42 Å². The van der Waals surface area contributed by atoms with Crippen molar-refractivity contribution >= 4 is 40.4 Å². The number of halogens is 2. The molecule has 1 aromatic carbocycles. The van der Waals surface area contributed by atoms with Gasteiger partial charge in [-0.3, -0.25) is 0 Å². The summed E-state index contributed by atoms with van der Waals surface area (Å²) < 4.78 is 5.57. The largest absolute Gasteiger partial charge is 0.492 e. The standard InChI is InChI=1S/C12H15Cl2NOS/c1-12(2,11(15)17)5-6-16-10-7-8(13)3-4-9(10)14/h3-4,7H,5-6H2,1-2H3,(H2,15,17). The van der Waals surface area contributed by atoms with E-state index in [1.54, 1.807) is 18.2 Å². The van der Waals surface area contributed by atoms with Gasteiger partial charge in [0.2, 0.25) is 0 Å². The Kier molecular flexibility index (Phi) is 5.04. The average molecular weight is 292 g/mol. The molecule has 0 aromatic heterocycles. The molecule has 0 radical (unpaired) electrons. The molecule has 0 saturated carbocycles. The van der Waals surface area contributed by atoms with Gasteiger partial charge in [-0.15, -0.1) is 0 Å². The van der Waals surface area contributed by atoms with Gasteiger partial charge in [0.1, 0.15) is 5.75 Å². The van der Waals surface area contributed by atoms with Crippen LogP contribution in [0.3, 0.4) is 0 Å². The molecule has 0 bridgehead atoms. The summed E-state index contributed by atoms with van der Waals surface area (Å²) in [6, 6.07) is 5.12. The molecule has 0 unspecified atom stereocenters. The molecule has 0 aliphatic carbocycles. The Balaban J connectivity index is 2.57. The van der Waals surface area contributed by atoms with Crippen molar-refractivity contribution in [3.63, 3.8) is 0 Å². The van der Waals surface area contributed by atoms with Gasteiger partial charge in [-0.1, -0.05) is 49.3 Å². The van der Waals surface area contributed by atoms with Crippen LogP contribution in [-0.2, 0) is 0 Å². The lowest BCUT2D eigenvalue weighted by Crippen LogP contribution is -2.31. The Morgan fingerprint density at radius 1 is 1.41 bits per heavy atom. The van der Waals surface area contributed by atoms with Crippen molar-refractivity contribution in [2.24, 2.45) is 11.1 Å². The van der Waals surface area contributed by atoms with E-state index in [-0.39, 0.29) is 5.41 Å². The van der Waals surface area contributed by atoms with Crippen LogP contribution in [0.1, 0.15) is 20.3 Å². The van der Waals surface area contributed by atoms with Crippen molar-refractivity contribution in [1.29, 1.82) is 0 Å². The Hall–Kier alpha value is -0.510. The zero-order valence-corrected chi connectivity index (χ0v) is 12.1. The van der Waals surface area contributed by atoms with E-state index in [1.807, 2.05) is 13.8 Å². The minimum absolute atomic E-state index is 0.222. The van der Waals surface area contributed by atoms with Gasteiger partial charge >= 0.3 is 0 Å². The van der Waals surface area contributed by atoms with Crippen LogP contribution >= 0.6 is 35.4 Å². The SMILES string of the molecule is CC(C)(CCOc1cc(Cl)ccc1Cl)C(N)=S. The van der Waals surface area contributed by atoms with Gasteiger partial charge < -0.3 is 10.5 Å². The fraction of sp³-hybridized carbons (Fsp3) is 0.417. The molecule has 0 amide bonds. The summed E-state index contributed by atoms with van der Waals surface area (Å²) in [4.78, 5) is 0.485. The van der Waals surface area contributed by atoms with Crippen molar-refractivity contribution < 1.29 is 4.74 Å². The molecule has 0 saturated heterocycles. The minimum atomic E-state index is -0.222. The summed E-state index contributed by atoms with van der Waals surface area (Å²) in [5.74, 6) is 0.581. The minimum Gasteiger partial charge on any atom is -0.492 e. The van der Waals surface area contributed by atoms with Gasteiger partial charge in [-0.25, -0.2) is 0 Å². The second-order valence-corrected chi connectivity index (χ2v) is 5.70. The molecule has 2 N–H and O–H groups in total. The molecule has 0 fully saturated rings. The number of thiocarbonyl (C=S) groups is 1. The second kappa shape index (κ2) is 5.89. The van der Waals surface area contributed by atoms with Crippen LogP contribution in [0.4, 0.5) is 0 Å². The fourth-order valence-corrected chi connectivity index (χ4v) is 1.56. The molecule has 1 aromatic rings. The van der Waals surface area contributed by atoms with Crippen LogP contribution in [0.5, 0.6) is 5.75 Å². The smallest absolute Gasteiger partial charge is 0.139 e. The van der Waals surface area contributed by atoms with Crippen LogP contribution in [0, 0.1) is 5.41 Å². The first-order valence-electron chi connectivity index (χ1n) is 5.21. The monoisotopic (exact) mass is 291 g/mol. The number of ether oxygens (including phenoxy) is 1.